The van der Waals surface area contributed by atoms with E-state index in [0.29, 0.717) is 0 Å². The Morgan fingerprint density at radius 3 is 2.22 bits per heavy atom. The van der Waals surface area contributed by atoms with Crippen LogP contribution < -0.4 is 5.32 Å². The lowest BCUT2D eigenvalue weighted by molar-refractivity contribution is 0.213. The van der Waals surface area contributed by atoms with E-state index in [1.165, 1.54) is 58.5 Å². The van der Waals surface area contributed by atoms with Crippen LogP contribution in [0.15, 0.2) is 0 Å². The van der Waals surface area contributed by atoms with Gasteiger partial charge in [-0.05, 0) is 84.7 Å². The molecule has 1 atom stereocenters. The molecule has 2 fully saturated rings. The number of nitrogens with one attached hydrogen (secondary N) is 1. The zero-order chi connectivity index (χ0) is 13.0. The summed E-state index contributed by atoms with van der Waals surface area (Å²) in [4.78, 5) is 5.07. The summed E-state index contributed by atoms with van der Waals surface area (Å²) in [7, 11) is 2.24. The first-order chi connectivity index (χ1) is 8.65. The molecule has 2 saturated heterocycles. The third-order valence-electron chi connectivity index (χ3n) is 4.75. The van der Waals surface area contributed by atoms with Gasteiger partial charge in [0.1, 0.15) is 0 Å². The van der Waals surface area contributed by atoms with E-state index in [0.717, 1.165) is 17.9 Å². The third kappa shape index (κ3) is 4.22. The minimum atomic E-state index is 0.726. The van der Waals surface area contributed by atoms with Crippen LogP contribution in [0.5, 0.6) is 0 Å². The van der Waals surface area contributed by atoms with Crippen LogP contribution in [0.4, 0.5) is 0 Å². The molecule has 0 amide bonds. The van der Waals surface area contributed by atoms with Gasteiger partial charge in [0.15, 0.2) is 0 Å². The zero-order valence-corrected chi connectivity index (χ0v) is 12.5. The minimum Gasteiger partial charge on any atom is -0.316 e. The standard InChI is InChI=1S/C15H31N3/c1-13(2)18-9-6-15(12-18)11-16-10-14-4-7-17(3)8-5-14/h13-16H,4-12H2,1-3H3. The SMILES string of the molecule is CC(C)N1CCC(CNCC2CCN(C)CC2)C1. The number of hydrogen-bond donors (Lipinski definition) is 1. The average molecular weight is 253 g/mol. The predicted octanol–water partition coefficient (Wildman–Crippen LogP) is 1.65. The van der Waals surface area contributed by atoms with Gasteiger partial charge in [-0.1, -0.05) is 0 Å². The van der Waals surface area contributed by atoms with Crippen molar-refractivity contribution in [3.8, 4) is 0 Å². The molecule has 2 heterocycles. The second-order valence-corrected chi connectivity index (χ2v) is 6.65. The summed E-state index contributed by atoms with van der Waals surface area (Å²) in [5.41, 5.74) is 0. The molecule has 0 radical (unpaired) electrons. The molecule has 0 saturated carbocycles. The summed E-state index contributed by atoms with van der Waals surface area (Å²) in [5.74, 6) is 1.81. The van der Waals surface area contributed by atoms with Crippen LogP contribution in [0.1, 0.15) is 33.1 Å². The molecule has 2 rings (SSSR count). The summed E-state index contributed by atoms with van der Waals surface area (Å²) in [5, 5.41) is 3.73. The predicted molar refractivity (Wildman–Crippen MR) is 77.9 cm³/mol. The molecular formula is C15H31N3. The Labute approximate surface area is 113 Å². The van der Waals surface area contributed by atoms with E-state index in [1.807, 2.05) is 0 Å². The topological polar surface area (TPSA) is 18.5 Å². The van der Waals surface area contributed by atoms with E-state index < -0.39 is 0 Å². The molecule has 1 unspecified atom stereocenters. The summed E-state index contributed by atoms with van der Waals surface area (Å²) in [6.45, 7) is 12.3. The van der Waals surface area contributed by atoms with Crippen molar-refractivity contribution >= 4 is 0 Å². The maximum atomic E-state index is 3.73. The number of hydrogen-bond acceptors (Lipinski definition) is 3. The Morgan fingerprint density at radius 2 is 1.61 bits per heavy atom. The summed E-state index contributed by atoms with van der Waals surface area (Å²) >= 11 is 0. The van der Waals surface area contributed by atoms with E-state index >= 15 is 0 Å². The maximum Gasteiger partial charge on any atom is 0.00387 e. The Hall–Kier alpha value is -0.120. The Bertz CT molecular complexity index is 234. The quantitative estimate of drug-likeness (QED) is 0.804. The molecule has 0 aromatic carbocycles. The first-order valence-corrected chi connectivity index (χ1v) is 7.78. The van der Waals surface area contributed by atoms with Gasteiger partial charge in [-0.2, -0.15) is 0 Å². The van der Waals surface area contributed by atoms with Gasteiger partial charge >= 0.3 is 0 Å². The third-order valence-corrected chi connectivity index (χ3v) is 4.75. The second kappa shape index (κ2) is 6.88. The molecule has 1 N–H and O–H groups in total. The highest BCUT2D eigenvalue weighted by Crippen LogP contribution is 2.18. The average Bonchev–Trinajstić information content (AvgIpc) is 2.81. The smallest absolute Gasteiger partial charge is 0.00387 e. The number of likely N-dealkylation sites (tertiary alicyclic amines) is 2. The first kappa shape index (κ1) is 14.3. The Morgan fingerprint density at radius 1 is 1.00 bits per heavy atom. The highest BCUT2D eigenvalue weighted by molar-refractivity contribution is 4.80. The van der Waals surface area contributed by atoms with Gasteiger partial charge in [-0.15, -0.1) is 0 Å². The fourth-order valence-corrected chi connectivity index (χ4v) is 3.26. The maximum absolute atomic E-state index is 3.73. The van der Waals surface area contributed by atoms with E-state index in [-0.39, 0.29) is 0 Å². The molecule has 3 heteroatoms. The van der Waals surface area contributed by atoms with E-state index in [4.69, 9.17) is 0 Å². The van der Waals surface area contributed by atoms with Crippen LogP contribution in [-0.4, -0.2) is 62.2 Å². The fraction of sp³-hybridized carbons (Fsp3) is 1.00. The zero-order valence-electron chi connectivity index (χ0n) is 12.5. The van der Waals surface area contributed by atoms with Crippen LogP contribution in [0.25, 0.3) is 0 Å². The Kier molecular flexibility index (Phi) is 5.46. The first-order valence-electron chi connectivity index (χ1n) is 7.78. The molecule has 106 valence electrons. The highest BCUT2D eigenvalue weighted by Gasteiger charge is 2.24. The molecule has 0 bridgehead atoms. The van der Waals surface area contributed by atoms with Gasteiger partial charge < -0.3 is 15.1 Å². The van der Waals surface area contributed by atoms with Crippen molar-refractivity contribution in [3.63, 3.8) is 0 Å². The van der Waals surface area contributed by atoms with Gasteiger partial charge in [-0.3, -0.25) is 0 Å². The Balaban J connectivity index is 1.56. The van der Waals surface area contributed by atoms with Crippen LogP contribution in [0, 0.1) is 11.8 Å². The van der Waals surface area contributed by atoms with Crippen LogP contribution in [-0.2, 0) is 0 Å². The van der Waals surface area contributed by atoms with E-state index in [9.17, 15) is 0 Å². The summed E-state index contributed by atoms with van der Waals surface area (Å²) < 4.78 is 0. The summed E-state index contributed by atoms with van der Waals surface area (Å²) in [6, 6.07) is 0.726. The largest absolute Gasteiger partial charge is 0.316 e. The van der Waals surface area contributed by atoms with Crippen LogP contribution in [0.2, 0.25) is 0 Å². The van der Waals surface area contributed by atoms with Crippen molar-refractivity contribution in [2.45, 2.75) is 39.2 Å². The molecule has 0 aromatic rings. The van der Waals surface area contributed by atoms with Crippen molar-refractivity contribution in [3.05, 3.63) is 0 Å². The molecule has 18 heavy (non-hydrogen) atoms. The molecule has 0 aromatic heterocycles. The summed E-state index contributed by atoms with van der Waals surface area (Å²) in [6.07, 6.45) is 4.15. The van der Waals surface area contributed by atoms with Gasteiger partial charge in [0.2, 0.25) is 0 Å². The monoisotopic (exact) mass is 253 g/mol. The lowest BCUT2D eigenvalue weighted by atomic mass is 9.97. The molecule has 0 spiro atoms. The van der Waals surface area contributed by atoms with Gasteiger partial charge in [0.25, 0.3) is 0 Å². The van der Waals surface area contributed by atoms with Crippen molar-refractivity contribution in [1.82, 2.24) is 15.1 Å². The number of piperidine rings is 1. The van der Waals surface area contributed by atoms with Gasteiger partial charge in [-0.25, -0.2) is 0 Å². The molecule has 2 aliphatic rings. The van der Waals surface area contributed by atoms with E-state index in [1.54, 1.807) is 0 Å². The van der Waals surface area contributed by atoms with Crippen LogP contribution in [0.3, 0.4) is 0 Å². The van der Waals surface area contributed by atoms with Crippen molar-refractivity contribution in [1.29, 1.82) is 0 Å². The molecule has 2 aliphatic heterocycles. The lowest BCUT2D eigenvalue weighted by Crippen LogP contribution is -2.37. The fourth-order valence-electron chi connectivity index (χ4n) is 3.26. The van der Waals surface area contributed by atoms with Crippen LogP contribution >= 0.6 is 0 Å². The van der Waals surface area contributed by atoms with E-state index in [2.05, 4.69) is 36.0 Å². The van der Waals surface area contributed by atoms with Gasteiger partial charge in [0, 0.05) is 12.6 Å². The molecular weight excluding hydrogens is 222 g/mol. The lowest BCUT2D eigenvalue weighted by Gasteiger charge is -2.29. The normalized spacial score (nSPS) is 28.3. The highest BCUT2D eigenvalue weighted by atomic mass is 15.2. The van der Waals surface area contributed by atoms with Crippen molar-refractivity contribution < 1.29 is 0 Å². The second-order valence-electron chi connectivity index (χ2n) is 6.65. The number of rotatable bonds is 5. The van der Waals surface area contributed by atoms with Crippen molar-refractivity contribution in [2.24, 2.45) is 11.8 Å². The van der Waals surface area contributed by atoms with Gasteiger partial charge in [0.05, 0.1) is 0 Å². The number of nitrogens with zero attached hydrogens (tertiary/aromatic N) is 2. The molecule has 3 nitrogen and oxygen atoms in total. The van der Waals surface area contributed by atoms with Crippen molar-refractivity contribution in [2.75, 3.05) is 46.3 Å². The minimum absolute atomic E-state index is 0.726. The molecule has 0 aliphatic carbocycles.